The van der Waals surface area contributed by atoms with Crippen molar-refractivity contribution >= 4 is 34.5 Å². The molecule has 0 saturated heterocycles. The smallest absolute Gasteiger partial charge is 0.416 e. The number of amides is 1. The first kappa shape index (κ1) is 22.4. The van der Waals surface area contributed by atoms with E-state index in [-0.39, 0.29) is 16.4 Å². The second kappa shape index (κ2) is 8.63. The lowest BCUT2D eigenvalue weighted by Gasteiger charge is -2.12. The number of aromatic nitrogens is 1. The monoisotopic (exact) mass is 472 g/mol. The van der Waals surface area contributed by atoms with E-state index in [2.05, 4.69) is 5.32 Å². The first-order valence-electron chi connectivity index (χ1n) is 9.66. The Bertz CT molecular complexity index is 1360. The van der Waals surface area contributed by atoms with Gasteiger partial charge in [0, 0.05) is 17.3 Å². The molecule has 2 heterocycles. The van der Waals surface area contributed by atoms with Gasteiger partial charge in [-0.1, -0.05) is 29.8 Å². The molecule has 0 fully saturated rings. The number of rotatable bonds is 5. The van der Waals surface area contributed by atoms with E-state index >= 15 is 0 Å². The van der Waals surface area contributed by atoms with E-state index in [0.29, 0.717) is 28.5 Å². The van der Waals surface area contributed by atoms with Crippen LogP contribution in [-0.2, 0) is 11.0 Å². The van der Waals surface area contributed by atoms with Gasteiger partial charge in [0.15, 0.2) is 0 Å². The number of fused-ring (bicyclic) bond motifs is 1. The molecule has 0 aliphatic carbocycles. The number of Topliss-reactive ketones (excluding diaryl/α,β-unsaturated/α-hetero) is 1. The van der Waals surface area contributed by atoms with Gasteiger partial charge in [-0.2, -0.15) is 13.2 Å². The average molecular weight is 473 g/mol. The summed E-state index contributed by atoms with van der Waals surface area (Å²) in [7, 11) is 1.53. The van der Waals surface area contributed by atoms with Crippen molar-refractivity contribution in [2.45, 2.75) is 6.18 Å². The van der Waals surface area contributed by atoms with Crippen LogP contribution in [0.1, 0.15) is 16.1 Å². The Labute approximate surface area is 191 Å². The van der Waals surface area contributed by atoms with Gasteiger partial charge in [-0.25, -0.2) is 0 Å². The Balaban J connectivity index is 1.74. The fourth-order valence-electron chi connectivity index (χ4n) is 3.43. The topological polar surface area (TPSA) is 59.8 Å². The molecule has 2 aromatic heterocycles. The number of methoxy groups -OCH3 is 1. The number of alkyl halides is 3. The molecule has 5 nitrogen and oxygen atoms in total. The first-order chi connectivity index (χ1) is 15.7. The van der Waals surface area contributed by atoms with Crippen molar-refractivity contribution in [2.75, 3.05) is 12.4 Å². The summed E-state index contributed by atoms with van der Waals surface area (Å²) in [5, 5.41) is 2.09. The molecule has 33 heavy (non-hydrogen) atoms. The number of nitrogens with one attached hydrogen (secondary N) is 1. The van der Waals surface area contributed by atoms with Crippen LogP contribution in [-0.4, -0.2) is 23.2 Å². The SMILES string of the molecule is COc1ccc(-c2cc3ccccn3c2C(=O)C(=O)Nc2cc(C(F)(F)F)ccc2Cl)cc1. The summed E-state index contributed by atoms with van der Waals surface area (Å²) >= 11 is 5.96. The van der Waals surface area contributed by atoms with E-state index in [1.807, 2.05) is 0 Å². The molecule has 0 radical (unpaired) electrons. The highest BCUT2D eigenvalue weighted by molar-refractivity contribution is 6.48. The Morgan fingerprint density at radius 3 is 2.39 bits per heavy atom. The van der Waals surface area contributed by atoms with E-state index in [9.17, 15) is 22.8 Å². The normalized spacial score (nSPS) is 11.4. The first-order valence-corrected chi connectivity index (χ1v) is 10.0. The molecule has 168 valence electrons. The summed E-state index contributed by atoms with van der Waals surface area (Å²) in [4.78, 5) is 26.0. The molecule has 0 aliphatic rings. The summed E-state index contributed by atoms with van der Waals surface area (Å²) in [5.41, 5.74) is 0.568. The van der Waals surface area contributed by atoms with Crippen molar-refractivity contribution in [3.8, 4) is 16.9 Å². The summed E-state index contributed by atoms with van der Waals surface area (Å²) in [6.45, 7) is 0. The molecule has 0 aliphatic heterocycles. The molecule has 1 amide bonds. The number of carbonyl (C=O) groups excluding carboxylic acids is 2. The summed E-state index contributed by atoms with van der Waals surface area (Å²) in [6.07, 6.45) is -3.01. The standard InChI is InChI=1S/C24H16ClF3N2O3/c1-33-17-8-5-14(6-9-17)18-13-16-4-2-3-11-30(16)21(18)22(31)23(32)29-20-12-15(24(26,27)28)7-10-19(20)25/h2-13H,1H3,(H,29,32). The Hall–Kier alpha value is -3.78. The molecule has 0 atom stereocenters. The maximum absolute atomic E-state index is 13.2. The molecular weight excluding hydrogens is 457 g/mol. The minimum absolute atomic E-state index is 0.0661. The fraction of sp³-hybridized carbons (Fsp3) is 0.0833. The number of hydrogen-bond donors (Lipinski definition) is 1. The summed E-state index contributed by atoms with van der Waals surface area (Å²) in [6, 6.07) is 16.4. The van der Waals surface area contributed by atoms with Crippen LogP contribution in [0.4, 0.5) is 18.9 Å². The highest BCUT2D eigenvalue weighted by atomic mass is 35.5. The molecule has 0 bridgehead atoms. The van der Waals surface area contributed by atoms with Gasteiger partial charge in [0.1, 0.15) is 11.4 Å². The number of pyridine rings is 1. The molecule has 4 aromatic rings. The zero-order valence-electron chi connectivity index (χ0n) is 17.1. The molecule has 0 saturated carbocycles. The lowest BCUT2D eigenvalue weighted by Crippen LogP contribution is -2.25. The van der Waals surface area contributed by atoms with Gasteiger partial charge in [0.05, 0.1) is 23.4 Å². The molecule has 4 rings (SSSR count). The molecule has 1 N–H and O–H groups in total. The minimum atomic E-state index is -4.63. The highest BCUT2D eigenvalue weighted by Crippen LogP contribution is 2.34. The molecule has 9 heteroatoms. The Morgan fingerprint density at radius 1 is 1.00 bits per heavy atom. The van der Waals surface area contributed by atoms with E-state index in [1.165, 1.54) is 7.11 Å². The van der Waals surface area contributed by atoms with Crippen molar-refractivity contribution in [3.63, 3.8) is 0 Å². The second-order valence-corrected chi connectivity index (χ2v) is 7.51. The van der Waals surface area contributed by atoms with Crippen LogP contribution in [0.3, 0.4) is 0 Å². The molecule has 0 unspecified atom stereocenters. The minimum Gasteiger partial charge on any atom is -0.497 e. The summed E-state index contributed by atoms with van der Waals surface area (Å²) in [5.74, 6) is -1.43. The van der Waals surface area contributed by atoms with Crippen LogP contribution in [0.2, 0.25) is 5.02 Å². The van der Waals surface area contributed by atoms with Crippen molar-refractivity contribution < 1.29 is 27.5 Å². The zero-order chi connectivity index (χ0) is 23.8. The number of halogens is 4. The van der Waals surface area contributed by atoms with Crippen molar-refractivity contribution in [3.05, 3.63) is 89.2 Å². The van der Waals surface area contributed by atoms with Gasteiger partial charge in [0.2, 0.25) is 0 Å². The maximum Gasteiger partial charge on any atom is 0.416 e. The number of benzene rings is 2. The van der Waals surface area contributed by atoms with Gasteiger partial charge >= 0.3 is 6.18 Å². The quantitative estimate of drug-likeness (QED) is 0.282. The number of carbonyl (C=O) groups is 2. The number of hydrogen-bond acceptors (Lipinski definition) is 3. The van der Waals surface area contributed by atoms with Gasteiger partial charge in [0.25, 0.3) is 11.7 Å². The largest absolute Gasteiger partial charge is 0.497 e. The molecule has 2 aromatic carbocycles. The van der Waals surface area contributed by atoms with Crippen LogP contribution in [0, 0.1) is 0 Å². The predicted molar refractivity (Wildman–Crippen MR) is 119 cm³/mol. The van der Waals surface area contributed by atoms with Crippen LogP contribution in [0.15, 0.2) is 72.9 Å². The number of ether oxygens (including phenoxy) is 1. The van der Waals surface area contributed by atoms with Gasteiger partial charge in [-0.15, -0.1) is 0 Å². The summed E-state index contributed by atoms with van der Waals surface area (Å²) < 4.78 is 45.9. The second-order valence-electron chi connectivity index (χ2n) is 7.11. The van der Waals surface area contributed by atoms with E-state index in [0.717, 1.165) is 12.1 Å². The van der Waals surface area contributed by atoms with E-state index in [1.54, 1.807) is 59.1 Å². The van der Waals surface area contributed by atoms with Gasteiger partial charge < -0.3 is 14.5 Å². The van der Waals surface area contributed by atoms with Crippen molar-refractivity contribution in [1.29, 1.82) is 0 Å². The number of anilines is 1. The van der Waals surface area contributed by atoms with Crippen LogP contribution < -0.4 is 10.1 Å². The van der Waals surface area contributed by atoms with Crippen LogP contribution in [0.5, 0.6) is 5.75 Å². The van der Waals surface area contributed by atoms with Crippen molar-refractivity contribution in [1.82, 2.24) is 4.40 Å². The van der Waals surface area contributed by atoms with E-state index < -0.39 is 23.4 Å². The lowest BCUT2D eigenvalue weighted by molar-refractivity contribution is -0.137. The maximum atomic E-state index is 13.2. The molecular formula is C24H16ClF3N2O3. The average Bonchev–Trinajstić information content (AvgIpc) is 3.18. The predicted octanol–water partition coefficient (Wildman–Crippen LogP) is 6.11. The Kier molecular flexibility index (Phi) is 5.86. The Morgan fingerprint density at radius 2 is 1.73 bits per heavy atom. The highest BCUT2D eigenvalue weighted by Gasteiger charge is 2.32. The van der Waals surface area contributed by atoms with Crippen LogP contribution in [0.25, 0.3) is 16.6 Å². The number of ketones is 1. The van der Waals surface area contributed by atoms with Gasteiger partial charge in [-0.3, -0.25) is 9.59 Å². The van der Waals surface area contributed by atoms with Crippen molar-refractivity contribution in [2.24, 2.45) is 0 Å². The van der Waals surface area contributed by atoms with Gasteiger partial charge in [-0.05, 0) is 54.1 Å². The molecule has 0 spiro atoms. The third kappa shape index (κ3) is 4.42. The number of nitrogens with zero attached hydrogens (tertiary/aromatic N) is 1. The van der Waals surface area contributed by atoms with Crippen LogP contribution >= 0.6 is 11.6 Å². The van der Waals surface area contributed by atoms with E-state index in [4.69, 9.17) is 16.3 Å². The zero-order valence-corrected chi connectivity index (χ0v) is 17.9. The fourth-order valence-corrected chi connectivity index (χ4v) is 3.59. The third-order valence-corrected chi connectivity index (χ3v) is 5.37. The third-order valence-electron chi connectivity index (χ3n) is 5.04. The lowest BCUT2D eigenvalue weighted by atomic mass is 10.0.